The Labute approximate surface area is 130 Å². The number of pyridine rings is 1. The molecule has 0 N–H and O–H groups in total. The van der Waals surface area contributed by atoms with E-state index in [0.717, 1.165) is 32.3 Å². The van der Waals surface area contributed by atoms with Crippen LogP contribution < -0.4 is 0 Å². The van der Waals surface area contributed by atoms with Crippen molar-refractivity contribution >= 4 is 38.4 Å². The van der Waals surface area contributed by atoms with E-state index < -0.39 is 0 Å². The molecular formula is C15H11BrClN3. The van der Waals surface area contributed by atoms with Crippen LogP contribution in [0.2, 0.25) is 5.15 Å². The van der Waals surface area contributed by atoms with Crippen molar-refractivity contribution < 1.29 is 0 Å². The van der Waals surface area contributed by atoms with Gasteiger partial charge in [0.2, 0.25) is 0 Å². The first-order valence-electron chi connectivity index (χ1n) is 6.12. The van der Waals surface area contributed by atoms with Crippen LogP contribution in [0, 0.1) is 13.8 Å². The molecule has 100 valence electrons. The molecule has 0 aliphatic carbocycles. The molecule has 0 bridgehead atoms. The van der Waals surface area contributed by atoms with Gasteiger partial charge in [0.15, 0.2) is 5.82 Å². The minimum Gasteiger partial charge on any atom is -0.253 e. The van der Waals surface area contributed by atoms with E-state index in [0.29, 0.717) is 11.0 Å². The molecule has 3 aromatic rings. The Bertz CT molecular complexity index is 794. The first kappa shape index (κ1) is 13.5. The van der Waals surface area contributed by atoms with Crippen molar-refractivity contribution in [3.63, 3.8) is 0 Å². The van der Waals surface area contributed by atoms with Crippen molar-refractivity contribution in [2.75, 3.05) is 0 Å². The minimum atomic E-state index is 0.422. The van der Waals surface area contributed by atoms with E-state index in [4.69, 9.17) is 11.6 Å². The highest BCUT2D eigenvalue weighted by molar-refractivity contribution is 9.10. The summed E-state index contributed by atoms with van der Waals surface area (Å²) in [6, 6.07) is 9.95. The Balaban J connectivity index is 2.34. The van der Waals surface area contributed by atoms with E-state index >= 15 is 0 Å². The van der Waals surface area contributed by atoms with Crippen molar-refractivity contribution in [3.05, 3.63) is 51.3 Å². The molecule has 0 aliphatic rings. The van der Waals surface area contributed by atoms with Crippen molar-refractivity contribution in [1.82, 2.24) is 15.0 Å². The lowest BCUT2D eigenvalue weighted by Crippen LogP contribution is -1.97. The molecule has 5 heteroatoms. The van der Waals surface area contributed by atoms with Gasteiger partial charge in [-0.1, -0.05) is 29.8 Å². The normalized spacial score (nSPS) is 11.0. The minimum absolute atomic E-state index is 0.422. The quantitative estimate of drug-likeness (QED) is 0.597. The second-order valence-corrected chi connectivity index (χ2v) is 5.72. The highest BCUT2D eigenvalue weighted by atomic mass is 79.9. The molecule has 0 atom stereocenters. The predicted octanol–water partition coefficient (Wildman–Crippen LogP) is 4.72. The van der Waals surface area contributed by atoms with E-state index in [1.54, 1.807) is 0 Å². The summed E-state index contributed by atoms with van der Waals surface area (Å²) in [5.74, 6) is 0.623. The molecule has 1 aromatic carbocycles. The van der Waals surface area contributed by atoms with E-state index in [2.05, 4.69) is 30.9 Å². The van der Waals surface area contributed by atoms with E-state index in [1.165, 1.54) is 0 Å². The van der Waals surface area contributed by atoms with E-state index in [9.17, 15) is 0 Å². The predicted molar refractivity (Wildman–Crippen MR) is 85.0 cm³/mol. The summed E-state index contributed by atoms with van der Waals surface area (Å²) >= 11 is 9.53. The third kappa shape index (κ3) is 2.30. The highest BCUT2D eigenvalue weighted by Gasteiger charge is 2.12. The Kier molecular flexibility index (Phi) is 3.44. The fourth-order valence-electron chi connectivity index (χ4n) is 2.14. The van der Waals surface area contributed by atoms with Gasteiger partial charge in [-0.2, -0.15) is 0 Å². The van der Waals surface area contributed by atoms with Crippen molar-refractivity contribution in [2.24, 2.45) is 0 Å². The van der Waals surface area contributed by atoms with Crippen LogP contribution in [0.25, 0.3) is 22.3 Å². The van der Waals surface area contributed by atoms with Gasteiger partial charge in [-0.15, -0.1) is 0 Å². The summed E-state index contributed by atoms with van der Waals surface area (Å²) in [6.45, 7) is 3.86. The standard InChI is InChI=1S/C15H11BrClN3/c1-8-7-11(10-5-3-4-6-12(10)18-8)15-19-9(2)13(16)14(17)20-15/h3-7H,1-2H3. The molecule has 20 heavy (non-hydrogen) atoms. The van der Waals surface area contributed by atoms with Gasteiger partial charge in [-0.3, -0.25) is 4.98 Å². The van der Waals surface area contributed by atoms with Gasteiger partial charge in [-0.25, -0.2) is 9.97 Å². The zero-order valence-electron chi connectivity index (χ0n) is 11.0. The molecule has 0 spiro atoms. The second-order valence-electron chi connectivity index (χ2n) is 4.57. The van der Waals surface area contributed by atoms with Crippen LogP contribution in [0.5, 0.6) is 0 Å². The Morgan fingerprint density at radius 2 is 1.80 bits per heavy atom. The highest BCUT2D eigenvalue weighted by Crippen LogP contribution is 2.30. The largest absolute Gasteiger partial charge is 0.253 e. The van der Waals surface area contributed by atoms with Crippen LogP contribution in [0.15, 0.2) is 34.8 Å². The molecule has 0 unspecified atom stereocenters. The molecule has 0 saturated heterocycles. The average Bonchev–Trinajstić information content (AvgIpc) is 2.43. The number of aryl methyl sites for hydroxylation is 2. The Morgan fingerprint density at radius 3 is 2.55 bits per heavy atom. The third-order valence-corrected chi connectivity index (χ3v) is 4.51. The number of rotatable bonds is 1. The number of hydrogen-bond donors (Lipinski definition) is 0. The van der Waals surface area contributed by atoms with Crippen LogP contribution in [-0.4, -0.2) is 15.0 Å². The van der Waals surface area contributed by atoms with Crippen LogP contribution in [-0.2, 0) is 0 Å². The maximum Gasteiger partial charge on any atom is 0.161 e. The number of hydrogen-bond acceptors (Lipinski definition) is 3. The number of benzene rings is 1. The van der Waals surface area contributed by atoms with Gasteiger partial charge in [-0.05, 0) is 41.9 Å². The average molecular weight is 349 g/mol. The number of aromatic nitrogens is 3. The van der Waals surface area contributed by atoms with Gasteiger partial charge in [0.05, 0.1) is 15.7 Å². The van der Waals surface area contributed by atoms with Gasteiger partial charge < -0.3 is 0 Å². The number of nitrogens with zero attached hydrogens (tertiary/aromatic N) is 3. The number of para-hydroxylation sites is 1. The lowest BCUT2D eigenvalue weighted by Gasteiger charge is -2.09. The van der Waals surface area contributed by atoms with Crippen molar-refractivity contribution in [3.8, 4) is 11.4 Å². The second kappa shape index (κ2) is 5.11. The van der Waals surface area contributed by atoms with Crippen molar-refractivity contribution in [1.29, 1.82) is 0 Å². The number of halogens is 2. The molecular weight excluding hydrogens is 338 g/mol. The Hall–Kier alpha value is -1.52. The first-order valence-corrected chi connectivity index (χ1v) is 7.30. The summed E-state index contributed by atoms with van der Waals surface area (Å²) in [4.78, 5) is 13.4. The van der Waals surface area contributed by atoms with Gasteiger partial charge in [0, 0.05) is 16.6 Å². The molecule has 0 radical (unpaired) electrons. The van der Waals surface area contributed by atoms with Crippen LogP contribution in [0.4, 0.5) is 0 Å². The molecule has 3 nitrogen and oxygen atoms in total. The molecule has 0 aliphatic heterocycles. The van der Waals surface area contributed by atoms with Gasteiger partial charge >= 0.3 is 0 Å². The zero-order valence-corrected chi connectivity index (χ0v) is 13.3. The van der Waals surface area contributed by atoms with Crippen LogP contribution in [0.1, 0.15) is 11.4 Å². The fraction of sp³-hybridized carbons (Fsp3) is 0.133. The van der Waals surface area contributed by atoms with E-state index in [1.807, 2.05) is 44.2 Å². The van der Waals surface area contributed by atoms with E-state index in [-0.39, 0.29) is 0 Å². The third-order valence-electron chi connectivity index (χ3n) is 3.06. The van der Waals surface area contributed by atoms with Crippen LogP contribution in [0.3, 0.4) is 0 Å². The summed E-state index contributed by atoms with van der Waals surface area (Å²) in [6.07, 6.45) is 0. The summed E-state index contributed by atoms with van der Waals surface area (Å²) in [5.41, 5.74) is 3.63. The lowest BCUT2D eigenvalue weighted by atomic mass is 10.1. The molecule has 0 amide bonds. The maximum atomic E-state index is 6.15. The Morgan fingerprint density at radius 1 is 1.05 bits per heavy atom. The van der Waals surface area contributed by atoms with Gasteiger partial charge in [0.1, 0.15) is 5.15 Å². The smallest absolute Gasteiger partial charge is 0.161 e. The van der Waals surface area contributed by atoms with Crippen LogP contribution >= 0.6 is 27.5 Å². The molecule has 2 aromatic heterocycles. The number of fused-ring (bicyclic) bond motifs is 1. The SMILES string of the molecule is Cc1cc(-c2nc(C)c(Br)c(Cl)n2)c2ccccc2n1. The molecule has 0 saturated carbocycles. The molecule has 2 heterocycles. The molecule has 3 rings (SSSR count). The lowest BCUT2D eigenvalue weighted by molar-refractivity contribution is 1.09. The zero-order chi connectivity index (χ0) is 14.3. The summed E-state index contributed by atoms with van der Waals surface area (Å²) in [7, 11) is 0. The molecule has 0 fully saturated rings. The summed E-state index contributed by atoms with van der Waals surface area (Å²) < 4.78 is 0.734. The first-order chi connectivity index (χ1) is 9.56. The van der Waals surface area contributed by atoms with Gasteiger partial charge in [0.25, 0.3) is 0 Å². The maximum absolute atomic E-state index is 6.15. The van der Waals surface area contributed by atoms with Crippen molar-refractivity contribution in [2.45, 2.75) is 13.8 Å². The summed E-state index contributed by atoms with van der Waals surface area (Å²) in [5, 5.41) is 1.45. The monoisotopic (exact) mass is 347 g/mol. The topological polar surface area (TPSA) is 38.7 Å². The fourth-order valence-corrected chi connectivity index (χ4v) is 2.53.